The molecule has 0 radical (unpaired) electrons. The van der Waals surface area contributed by atoms with Gasteiger partial charge in [0.25, 0.3) is 0 Å². The first-order valence-corrected chi connectivity index (χ1v) is 6.19. The van der Waals surface area contributed by atoms with Gasteiger partial charge in [0.2, 0.25) is 0 Å². The second kappa shape index (κ2) is 4.82. The highest BCUT2D eigenvalue weighted by molar-refractivity contribution is 5.91. The first-order valence-electron chi connectivity index (χ1n) is 6.19. The van der Waals surface area contributed by atoms with E-state index in [-0.39, 0.29) is 17.9 Å². The molecule has 0 bridgehead atoms. The van der Waals surface area contributed by atoms with Crippen molar-refractivity contribution in [1.29, 1.82) is 0 Å². The van der Waals surface area contributed by atoms with E-state index in [0.29, 0.717) is 16.7 Å². The summed E-state index contributed by atoms with van der Waals surface area (Å²) in [6.07, 6.45) is 0. The maximum absolute atomic E-state index is 11.9. The number of benzene rings is 2. The molecule has 6 nitrogen and oxygen atoms in total. The minimum absolute atomic E-state index is 0.0768. The summed E-state index contributed by atoms with van der Waals surface area (Å²) in [6, 6.07) is 10.7. The number of aromatic hydroxyl groups is 1. The lowest BCUT2D eigenvalue weighted by Crippen LogP contribution is -2.15. The number of phenolic OH excluding ortho intramolecular Hbond substituents is 1. The Balaban J connectivity index is 2.12. The lowest BCUT2D eigenvalue weighted by Gasteiger charge is -2.03. The van der Waals surface area contributed by atoms with Crippen LogP contribution < -0.4 is 5.76 Å². The molecule has 3 rings (SSSR count). The summed E-state index contributed by atoms with van der Waals surface area (Å²) >= 11 is 0. The van der Waals surface area contributed by atoms with Gasteiger partial charge in [-0.05, 0) is 35.9 Å². The fourth-order valence-corrected chi connectivity index (χ4v) is 2.18. The fraction of sp³-hybridized carbons (Fsp3) is 0.0667. The highest BCUT2D eigenvalue weighted by atomic mass is 16.4. The standard InChI is InChI=1S/C15H11NO5/c17-11-3-1-2-9(6-11)8-16-12-7-10(14(18)19)4-5-13(12)21-15(16)20/h1-7,17H,8H2,(H,18,19). The van der Waals surface area contributed by atoms with Gasteiger partial charge >= 0.3 is 11.7 Å². The van der Waals surface area contributed by atoms with Gasteiger partial charge in [-0.3, -0.25) is 4.57 Å². The first-order chi connectivity index (χ1) is 10.0. The summed E-state index contributed by atoms with van der Waals surface area (Å²) < 4.78 is 6.42. The molecule has 0 atom stereocenters. The molecule has 1 heterocycles. The molecule has 0 aliphatic rings. The van der Waals surface area contributed by atoms with Crippen LogP contribution in [0.1, 0.15) is 15.9 Å². The van der Waals surface area contributed by atoms with E-state index in [4.69, 9.17) is 9.52 Å². The number of carboxylic acids is 1. The van der Waals surface area contributed by atoms with Crippen molar-refractivity contribution >= 4 is 17.1 Å². The smallest absolute Gasteiger partial charge is 0.420 e. The molecule has 2 aromatic carbocycles. The monoisotopic (exact) mass is 285 g/mol. The fourth-order valence-electron chi connectivity index (χ4n) is 2.18. The van der Waals surface area contributed by atoms with Crippen molar-refractivity contribution in [1.82, 2.24) is 4.57 Å². The van der Waals surface area contributed by atoms with Crippen LogP contribution >= 0.6 is 0 Å². The van der Waals surface area contributed by atoms with Crippen LogP contribution in [-0.2, 0) is 6.54 Å². The predicted molar refractivity (Wildman–Crippen MR) is 74.6 cm³/mol. The van der Waals surface area contributed by atoms with Gasteiger partial charge in [-0.15, -0.1) is 0 Å². The van der Waals surface area contributed by atoms with Gasteiger partial charge in [0, 0.05) is 0 Å². The molecule has 0 amide bonds. The van der Waals surface area contributed by atoms with Crippen LogP contribution in [0, 0.1) is 0 Å². The Hall–Kier alpha value is -3.02. The van der Waals surface area contributed by atoms with E-state index in [1.54, 1.807) is 12.1 Å². The predicted octanol–water partition coefficient (Wildman–Crippen LogP) is 2.05. The van der Waals surface area contributed by atoms with Crippen molar-refractivity contribution in [2.45, 2.75) is 6.54 Å². The maximum atomic E-state index is 11.9. The lowest BCUT2D eigenvalue weighted by atomic mass is 10.2. The molecule has 0 saturated carbocycles. The van der Waals surface area contributed by atoms with E-state index >= 15 is 0 Å². The highest BCUT2D eigenvalue weighted by Gasteiger charge is 2.13. The number of phenols is 1. The lowest BCUT2D eigenvalue weighted by molar-refractivity contribution is 0.0697. The number of carbonyl (C=O) groups is 1. The Morgan fingerprint density at radius 1 is 1.19 bits per heavy atom. The first kappa shape index (κ1) is 13.0. The van der Waals surface area contributed by atoms with Gasteiger partial charge in [0.1, 0.15) is 5.75 Å². The normalized spacial score (nSPS) is 10.9. The molecule has 0 saturated heterocycles. The zero-order valence-corrected chi connectivity index (χ0v) is 10.8. The minimum atomic E-state index is -1.07. The Kier molecular flexibility index (Phi) is 2.98. The molecule has 0 spiro atoms. The number of fused-ring (bicyclic) bond motifs is 1. The molecule has 106 valence electrons. The van der Waals surface area contributed by atoms with Gasteiger partial charge in [-0.1, -0.05) is 12.1 Å². The van der Waals surface area contributed by atoms with E-state index in [2.05, 4.69) is 0 Å². The third kappa shape index (κ3) is 2.38. The number of aromatic nitrogens is 1. The van der Waals surface area contributed by atoms with E-state index in [1.807, 2.05) is 0 Å². The minimum Gasteiger partial charge on any atom is -0.508 e. The summed E-state index contributed by atoms with van der Waals surface area (Å²) in [5.41, 5.74) is 1.52. The summed E-state index contributed by atoms with van der Waals surface area (Å²) in [6.45, 7) is 0.184. The number of carboxylic acid groups (broad SMARTS) is 1. The highest BCUT2D eigenvalue weighted by Crippen LogP contribution is 2.18. The Morgan fingerprint density at radius 2 is 2.00 bits per heavy atom. The summed E-state index contributed by atoms with van der Waals surface area (Å²) in [5, 5.41) is 18.5. The molecule has 6 heteroatoms. The van der Waals surface area contributed by atoms with Gasteiger partial charge in [0.15, 0.2) is 5.58 Å². The molecule has 0 aliphatic carbocycles. The molecule has 3 aromatic rings. The third-order valence-corrected chi connectivity index (χ3v) is 3.17. The average molecular weight is 285 g/mol. The number of hydrogen-bond acceptors (Lipinski definition) is 4. The topological polar surface area (TPSA) is 92.7 Å². The largest absolute Gasteiger partial charge is 0.508 e. The van der Waals surface area contributed by atoms with E-state index < -0.39 is 11.7 Å². The molecular formula is C15H11NO5. The molecule has 2 N–H and O–H groups in total. The number of aromatic carboxylic acids is 1. The van der Waals surface area contributed by atoms with Gasteiger partial charge in [-0.25, -0.2) is 9.59 Å². The quantitative estimate of drug-likeness (QED) is 0.768. The van der Waals surface area contributed by atoms with Crippen LogP contribution in [0.3, 0.4) is 0 Å². The van der Waals surface area contributed by atoms with Crippen molar-refractivity contribution in [3.63, 3.8) is 0 Å². The maximum Gasteiger partial charge on any atom is 0.420 e. The zero-order chi connectivity index (χ0) is 15.0. The van der Waals surface area contributed by atoms with E-state index in [1.165, 1.54) is 34.9 Å². The van der Waals surface area contributed by atoms with Crippen LogP contribution in [0.25, 0.3) is 11.1 Å². The van der Waals surface area contributed by atoms with Crippen molar-refractivity contribution in [3.05, 3.63) is 64.1 Å². The number of oxazole rings is 1. The molecule has 21 heavy (non-hydrogen) atoms. The molecule has 0 unspecified atom stereocenters. The SMILES string of the molecule is O=C(O)c1ccc2oc(=O)n(Cc3cccc(O)c3)c2c1. The van der Waals surface area contributed by atoms with Crippen LogP contribution in [0.5, 0.6) is 5.75 Å². The Labute approximate surface area is 118 Å². The van der Waals surface area contributed by atoms with Crippen molar-refractivity contribution in [2.24, 2.45) is 0 Å². The molecule has 1 aromatic heterocycles. The summed E-state index contributed by atoms with van der Waals surface area (Å²) in [5.74, 6) is -1.55. The van der Waals surface area contributed by atoms with Crippen molar-refractivity contribution in [2.75, 3.05) is 0 Å². The number of nitrogens with zero attached hydrogens (tertiary/aromatic N) is 1. The van der Waals surface area contributed by atoms with Gasteiger partial charge < -0.3 is 14.6 Å². The summed E-state index contributed by atoms with van der Waals surface area (Å²) in [4.78, 5) is 22.9. The molecule has 0 aliphatic heterocycles. The summed E-state index contributed by atoms with van der Waals surface area (Å²) in [7, 11) is 0. The van der Waals surface area contributed by atoms with Gasteiger partial charge in [0.05, 0.1) is 17.6 Å². The second-order valence-corrected chi connectivity index (χ2v) is 4.61. The number of rotatable bonds is 3. The van der Waals surface area contributed by atoms with Crippen molar-refractivity contribution in [3.8, 4) is 5.75 Å². The van der Waals surface area contributed by atoms with Crippen LogP contribution in [0.4, 0.5) is 0 Å². The van der Waals surface area contributed by atoms with E-state index in [0.717, 1.165) is 0 Å². The Morgan fingerprint density at radius 3 is 2.71 bits per heavy atom. The van der Waals surface area contributed by atoms with Crippen LogP contribution in [0.15, 0.2) is 51.7 Å². The second-order valence-electron chi connectivity index (χ2n) is 4.61. The Bertz CT molecular complexity index is 890. The average Bonchev–Trinajstić information content (AvgIpc) is 2.74. The third-order valence-electron chi connectivity index (χ3n) is 3.17. The van der Waals surface area contributed by atoms with Crippen molar-refractivity contribution < 1.29 is 19.4 Å². The zero-order valence-electron chi connectivity index (χ0n) is 10.8. The molecular weight excluding hydrogens is 274 g/mol. The van der Waals surface area contributed by atoms with Crippen LogP contribution in [-0.4, -0.2) is 20.7 Å². The number of hydrogen-bond donors (Lipinski definition) is 2. The van der Waals surface area contributed by atoms with E-state index in [9.17, 15) is 14.7 Å². The van der Waals surface area contributed by atoms with Gasteiger partial charge in [-0.2, -0.15) is 0 Å². The molecule has 0 fully saturated rings. The van der Waals surface area contributed by atoms with Crippen LogP contribution in [0.2, 0.25) is 0 Å².